The molecule has 0 saturated carbocycles. The zero-order valence-corrected chi connectivity index (χ0v) is 15.7. The van der Waals surface area contributed by atoms with Gasteiger partial charge in [0.25, 0.3) is 5.56 Å². The van der Waals surface area contributed by atoms with Crippen molar-refractivity contribution in [1.29, 1.82) is 0 Å². The molecular weight excluding hydrogens is 404 g/mol. The molecule has 0 saturated heterocycles. The first-order chi connectivity index (χ1) is 13.2. The first kappa shape index (κ1) is 16.0. The molecule has 5 aromatic rings. The smallest absolute Gasteiger partial charge is 0.267 e. The summed E-state index contributed by atoms with van der Waals surface area (Å²) >= 11 is 3.46. The van der Waals surface area contributed by atoms with Crippen LogP contribution in [0.25, 0.3) is 33.8 Å². The van der Waals surface area contributed by atoms with Crippen LogP contribution in [0.2, 0.25) is 0 Å². The molecule has 0 radical (unpaired) electrons. The van der Waals surface area contributed by atoms with Gasteiger partial charge < -0.3 is 0 Å². The lowest BCUT2D eigenvalue weighted by Crippen LogP contribution is -2.21. The lowest BCUT2D eigenvalue weighted by atomic mass is 10.2. The van der Waals surface area contributed by atoms with E-state index in [2.05, 4.69) is 26.1 Å². The van der Waals surface area contributed by atoms with Crippen LogP contribution in [0.1, 0.15) is 0 Å². The SMILES string of the molecule is O=c1c2ccccc2n2c(-c3ccc(Br)cc3)nnc2n1-c1ccccc1. The molecule has 2 heterocycles. The molecule has 5 rings (SSSR count). The largest absolute Gasteiger partial charge is 0.268 e. The summed E-state index contributed by atoms with van der Waals surface area (Å²) in [5.41, 5.74) is 2.36. The third kappa shape index (κ3) is 2.49. The fourth-order valence-corrected chi connectivity index (χ4v) is 3.56. The van der Waals surface area contributed by atoms with E-state index in [-0.39, 0.29) is 5.56 Å². The number of hydrogen-bond donors (Lipinski definition) is 0. The molecule has 0 N–H and O–H groups in total. The van der Waals surface area contributed by atoms with E-state index in [1.165, 1.54) is 0 Å². The van der Waals surface area contributed by atoms with Crippen LogP contribution in [-0.2, 0) is 0 Å². The second kappa shape index (κ2) is 6.17. The highest BCUT2D eigenvalue weighted by Crippen LogP contribution is 2.25. The maximum Gasteiger partial charge on any atom is 0.267 e. The Balaban J connectivity index is 1.96. The molecule has 0 unspecified atom stereocenters. The van der Waals surface area contributed by atoms with Crippen LogP contribution in [0, 0.1) is 0 Å². The van der Waals surface area contributed by atoms with E-state index < -0.39 is 0 Å². The summed E-state index contributed by atoms with van der Waals surface area (Å²) in [4.78, 5) is 13.2. The van der Waals surface area contributed by atoms with Crippen molar-refractivity contribution in [3.63, 3.8) is 0 Å². The third-order valence-corrected chi connectivity index (χ3v) is 5.07. The molecule has 5 nitrogen and oxygen atoms in total. The van der Waals surface area contributed by atoms with E-state index in [1.54, 1.807) is 4.57 Å². The number of benzene rings is 3. The lowest BCUT2D eigenvalue weighted by Gasteiger charge is -2.11. The van der Waals surface area contributed by atoms with Crippen LogP contribution in [0.5, 0.6) is 0 Å². The molecule has 0 fully saturated rings. The van der Waals surface area contributed by atoms with Crippen LogP contribution < -0.4 is 5.56 Å². The van der Waals surface area contributed by atoms with Crippen LogP contribution in [0.15, 0.2) is 88.1 Å². The Morgan fingerprint density at radius 3 is 2.26 bits per heavy atom. The third-order valence-electron chi connectivity index (χ3n) is 4.54. The van der Waals surface area contributed by atoms with Gasteiger partial charge in [-0.05, 0) is 36.4 Å². The van der Waals surface area contributed by atoms with Crippen molar-refractivity contribution in [2.75, 3.05) is 0 Å². The Kier molecular flexibility index (Phi) is 3.65. The molecule has 0 aliphatic carbocycles. The van der Waals surface area contributed by atoms with Gasteiger partial charge in [-0.25, -0.2) is 4.57 Å². The van der Waals surface area contributed by atoms with Gasteiger partial charge in [0.05, 0.1) is 16.6 Å². The summed E-state index contributed by atoms with van der Waals surface area (Å²) in [5.74, 6) is 1.18. The van der Waals surface area contributed by atoms with E-state index in [4.69, 9.17) is 0 Å². The van der Waals surface area contributed by atoms with E-state index in [9.17, 15) is 4.79 Å². The summed E-state index contributed by atoms with van der Waals surface area (Å²) in [6, 6.07) is 24.9. The number of aromatic nitrogens is 4. The van der Waals surface area contributed by atoms with E-state index in [1.807, 2.05) is 83.3 Å². The maximum atomic E-state index is 13.2. The van der Waals surface area contributed by atoms with Gasteiger partial charge in [-0.1, -0.05) is 58.4 Å². The van der Waals surface area contributed by atoms with Gasteiger partial charge in [-0.15, -0.1) is 10.2 Å². The topological polar surface area (TPSA) is 52.2 Å². The summed E-state index contributed by atoms with van der Waals surface area (Å²) in [7, 11) is 0. The number of nitrogens with zero attached hydrogens (tertiary/aromatic N) is 4. The molecule has 0 bridgehead atoms. The molecular formula is C21H13BrN4O. The van der Waals surface area contributed by atoms with Crippen molar-refractivity contribution >= 4 is 32.6 Å². The minimum absolute atomic E-state index is 0.112. The van der Waals surface area contributed by atoms with Gasteiger partial charge in [0.15, 0.2) is 5.82 Å². The predicted molar refractivity (Wildman–Crippen MR) is 109 cm³/mol. The number of para-hydroxylation sites is 2. The molecule has 27 heavy (non-hydrogen) atoms. The van der Waals surface area contributed by atoms with Crippen molar-refractivity contribution in [3.05, 3.63) is 93.7 Å². The second-order valence-corrected chi connectivity index (χ2v) is 7.07. The quantitative estimate of drug-likeness (QED) is 0.426. The Morgan fingerprint density at radius 1 is 0.778 bits per heavy atom. The van der Waals surface area contributed by atoms with E-state index in [0.717, 1.165) is 21.2 Å². The number of rotatable bonds is 2. The predicted octanol–water partition coefficient (Wildman–Crippen LogP) is 4.46. The van der Waals surface area contributed by atoms with E-state index in [0.29, 0.717) is 17.0 Å². The molecule has 3 aromatic carbocycles. The Hall–Kier alpha value is -3.25. The number of hydrogen-bond acceptors (Lipinski definition) is 3. The Labute approximate surface area is 162 Å². The van der Waals surface area contributed by atoms with Crippen molar-refractivity contribution in [1.82, 2.24) is 19.2 Å². The molecule has 0 aliphatic heterocycles. The van der Waals surface area contributed by atoms with Crippen LogP contribution >= 0.6 is 15.9 Å². The molecule has 130 valence electrons. The zero-order chi connectivity index (χ0) is 18.4. The van der Waals surface area contributed by atoms with Gasteiger partial charge in [0.1, 0.15) is 0 Å². The lowest BCUT2D eigenvalue weighted by molar-refractivity contribution is 0.967. The summed E-state index contributed by atoms with van der Waals surface area (Å²) in [6.45, 7) is 0. The Morgan fingerprint density at radius 2 is 1.48 bits per heavy atom. The maximum absolute atomic E-state index is 13.2. The van der Waals surface area contributed by atoms with Gasteiger partial charge in [0, 0.05) is 10.0 Å². The normalized spacial score (nSPS) is 11.3. The minimum atomic E-state index is -0.112. The average molecular weight is 417 g/mol. The fraction of sp³-hybridized carbons (Fsp3) is 0. The standard InChI is InChI=1S/C21H13BrN4O/c22-15-12-10-14(11-13-15)19-23-24-21-25(16-6-2-1-3-7-16)20(27)17-8-4-5-9-18(17)26(19)21/h1-13H. The number of halogens is 1. The fourth-order valence-electron chi connectivity index (χ4n) is 3.30. The van der Waals surface area contributed by atoms with Crippen molar-refractivity contribution < 1.29 is 0 Å². The van der Waals surface area contributed by atoms with Gasteiger partial charge in [-0.3, -0.25) is 9.20 Å². The van der Waals surface area contributed by atoms with Crippen LogP contribution in [-0.4, -0.2) is 19.2 Å². The molecule has 0 spiro atoms. The van der Waals surface area contributed by atoms with Gasteiger partial charge in [-0.2, -0.15) is 0 Å². The van der Waals surface area contributed by atoms with Crippen LogP contribution in [0.3, 0.4) is 0 Å². The van der Waals surface area contributed by atoms with Crippen molar-refractivity contribution in [2.24, 2.45) is 0 Å². The second-order valence-electron chi connectivity index (χ2n) is 6.16. The zero-order valence-electron chi connectivity index (χ0n) is 14.1. The number of fused-ring (bicyclic) bond motifs is 3. The average Bonchev–Trinajstić information content (AvgIpc) is 3.14. The van der Waals surface area contributed by atoms with E-state index >= 15 is 0 Å². The molecule has 2 aromatic heterocycles. The van der Waals surface area contributed by atoms with Gasteiger partial charge >= 0.3 is 0 Å². The molecule has 6 heteroatoms. The molecule has 0 amide bonds. The highest BCUT2D eigenvalue weighted by Gasteiger charge is 2.18. The molecule has 0 aliphatic rings. The summed E-state index contributed by atoms with van der Waals surface area (Å²) in [5, 5.41) is 9.40. The minimum Gasteiger partial charge on any atom is -0.268 e. The monoisotopic (exact) mass is 416 g/mol. The van der Waals surface area contributed by atoms with Crippen molar-refractivity contribution in [3.8, 4) is 17.1 Å². The van der Waals surface area contributed by atoms with Crippen LogP contribution in [0.4, 0.5) is 0 Å². The first-order valence-corrected chi connectivity index (χ1v) is 9.23. The Bertz CT molecular complexity index is 1340. The summed E-state index contributed by atoms with van der Waals surface area (Å²) < 4.78 is 4.54. The highest BCUT2D eigenvalue weighted by atomic mass is 79.9. The first-order valence-electron chi connectivity index (χ1n) is 8.44. The van der Waals surface area contributed by atoms with Crippen molar-refractivity contribution in [2.45, 2.75) is 0 Å². The van der Waals surface area contributed by atoms with Gasteiger partial charge in [0.2, 0.25) is 5.78 Å². The molecule has 0 atom stereocenters. The highest BCUT2D eigenvalue weighted by molar-refractivity contribution is 9.10. The summed E-state index contributed by atoms with van der Waals surface area (Å²) in [6.07, 6.45) is 0.